The molecule has 1 heterocycles. The maximum Gasteiger partial charge on any atom is 0.0436 e. The molecule has 0 saturated carbocycles. The van der Waals surface area contributed by atoms with Crippen LogP contribution in [0, 0.1) is 19.3 Å². The lowest BCUT2D eigenvalue weighted by Crippen LogP contribution is -2.32. The van der Waals surface area contributed by atoms with Crippen molar-refractivity contribution < 1.29 is 5.11 Å². The SMILES string of the molecule is Cc1cc(C(C)NCC(C)(C)CCO)c(C)s1. The van der Waals surface area contributed by atoms with E-state index in [-0.39, 0.29) is 12.0 Å². The van der Waals surface area contributed by atoms with E-state index in [9.17, 15) is 0 Å². The highest BCUT2D eigenvalue weighted by Gasteiger charge is 2.19. The fourth-order valence-corrected chi connectivity index (χ4v) is 3.03. The van der Waals surface area contributed by atoms with Crippen LogP contribution in [0.2, 0.25) is 0 Å². The fourth-order valence-electron chi connectivity index (χ4n) is 2.01. The van der Waals surface area contributed by atoms with Crippen LogP contribution in [0.1, 0.15) is 48.6 Å². The standard InChI is InChI=1S/C14H25NOS/c1-10-8-13(12(3)17-10)11(2)15-9-14(4,5)6-7-16/h8,11,15-16H,6-7,9H2,1-5H3. The molecule has 0 aliphatic carbocycles. The molecule has 0 aromatic carbocycles. The molecule has 0 fully saturated rings. The number of hydrogen-bond acceptors (Lipinski definition) is 3. The third-order valence-electron chi connectivity index (χ3n) is 3.22. The van der Waals surface area contributed by atoms with Gasteiger partial charge in [-0.2, -0.15) is 0 Å². The molecule has 98 valence electrons. The number of nitrogens with one attached hydrogen (secondary N) is 1. The quantitative estimate of drug-likeness (QED) is 0.816. The number of aryl methyl sites for hydroxylation is 2. The molecule has 0 amide bonds. The van der Waals surface area contributed by atoms with Crippen molar-refractivity contribution in [3.63, 3.8) is 0 Å². The Morgan fingerprint density at radius 1 is 1.41 bits per heavy atom. The zero-order valence-corrected chi connectivity index (χ0v) is 12.4. The third-order valence-corrected chi connectivity index (χ3v) is 4.20. The Morgan fingerprint density at radius 3 is 2.53 bits per heavy atom. The number of aliphatic hydroxyl groups is 1. The number of thiophene rings is 1. The van der Waals surface area contributed by atoms with Gasteiger partial charge in [0.2, 0.25) is 0 Å². The summed E-state index contributed by atoms with van der Waals surface area (Å²) in [4.78, 5) is 2.78. The molecule has 1 aromatic rings. The van der Waals surface area contributed by atoms with Crippen LogP contribution in [0.3, 0.4) is 0 Å². The van der Waals surface area contributed by atoms with Gasteiger partial charge in [0.1, 0.15) is 0 Å². The van der Waals surface area contributed by atoms with E-state index in [2.05, 4.69) is 46.0 Å². The molecule has 1 rings (SSSR count). The molecule has 0 aliphatic heterocycles. The van der Waals surface area contributed by atoms with Gasteiger partial charge in [-0.3, -0.25) is 0 Å². The highest BCUT2D eigenvalue weighted by molar-refractivity contribution is 7.12. The highest BCUT2D eigenvalue weighted by Crippen LogP contribution is 2.27. The van der Waals surface area contributed by atoms with Crippen LogP contribution >= 0.6 is 11.3 Å². The summed E-state index contributed by atoms with van der Waals surface area (Å²) in [5, 5.41) is 12.6. The first-order valence-electron chi connectivity index (χ1n) is 6.27. The number of aliphatic hydroxyl groups excluding tert-OH is 1. The predicted octanol–water partition coefficient (Wildman–Crippen LogP) is 3.42. The van der Waals surface area contributed by atoms with E-state index in [4.69, 9.17) is 5.11 Å². The van der Waals surface area contributed by atoms with Crippen LogP contribution in [0.25, 0.3) is 0 Å². The topological polar surface area (TPSA) is 32.3 Å². The first kappa shape index (κ1) is 14.7. The van der Waals surface area contributed by atoms with Crippen molar-refractivity contribution in [2.45, 2.75) is 47.1 Å². The average molecular weight is 255 g/mol. The van der Waals surface area contributed by atoms with E-state index in [1.165, 1.54) is 15.3 Å². The Bertz CT molecular complexity index is 357. The Balaban J connectivity index is 2.55. The van der Waals surface area contributed by atoms with Crippen molar-refractivity contribution in [3.05, 3.63) is 21.4 Å². The maximum atomic E-state index is 9.01. The Hall–Kier alpha value is -0.380. The van der Waals surface area contributed by atoms with Gasteiger partial charge in [0.25, 0.3) is 0 Å². The second-order valence-corrected chi connectivity index (χ2v) is 7.07. The third kappa shape index (κ3) is 4.41. The van der Waals surface area contributed by atoms with Crippen molar-refractivity contribution in [2.75, 3.05) is 13.2 Å². The molecule has 0 saturated heterocycles. The van der Waals surface area contributed by atoms with Crippen LogP contribution < -0.4 is 5.32 Å². The smallest absolute Gasteiger partial charge is 0.0436 e. The van der Waals surface area contributed by atoms with Crippen molar-refractivity contribution in [1.82, 2.24) is 5.32 Å². The van der Waals surface area contributed by atoms with Gasteiger partial charge in [-0.05, 0) is 44.2 Å². The van der Waals surface area contributed by atoms with E-state index in [0.29, 0.717) is 6.04 Å². The zero-order valence-electron chi connectivity index (χ0n) is 11.6. The Kier molecular flexibility index (Phi) is 5.17. The summed E-state index contributed by atoms with van der Waals surface area (Å²) in [7, 11) is 0. The Labute approximate surface area is 109 Å². The van der Waals surface area contributed by atoms with Gasteiger partial charge in [-0.15, -0.1) is 11.3 Å². The lowest BCUT2D eigenvalue weighted by Gasteiger charge is -2.26. The summed E-state index contributed by atoms with van der Waals surface area (Å²) in [6.07, 6.45) is 0.842. The molecule has 0 aliphatic rings. The summed E-state index contributed by atoms with van der Waals surface area (Å²) in [5.41, 5.74) is 1.56. The van der Waals surface area contributed by atoms with Crippen LogP contribution in [0.4, 0.5) is 0 Å². The normalized spacial score (nSPS) is 14.0. The summed E-state index contributed by atoms with van der Waals surface area (Å²) < 4.78 is 0. The van der Waals surface area contributed by atoms with Gasteiger partial charge < -0.3 is 10.4 Å². The van der Waals surface area contributed by atoms with Crippen molar-refractivity contribution in [1.29, 1.82) is 0 Å². The molecule has 0 spiro atoms. The molecular weight excluding hydrogens is 230 g/mol. The summed E-state index contributed by atoms with van der Waals surface area (Å²) >= 11 is 1.86. The van der Waals surface area contributed by atoms with Crippen molar-refractivity contribution in [2.24, 2.45) is 5.41 Å². The average Bonchev–Trinajstić information content (AvgIpc) is 2.54. The minimum absolute atomic E-state index is 0.155. The van der Waals surface area contributed by atoms with E-state index in [0.717, 1.165) is 13.0 Å². The monoisotopic (exact) mass is 255 g/mol. The van der Waals surface area contributed by atoms with Crippen LogP contribution in [0.5, 0.6) is 0 Å². The molecular formula is C14H25NOS. The van der Waals surface area contributed by atoms with E-state index >= 15 is 0 Å². The van der Waals surface area contributed by atoms with Crippen LogP contribution in [-0.2, 0) is 0 Å². The maximum absolute atomic E-state index is 9.01. The second-order valence-electron chi connectivity index (χ2n) is 5.61. The van der Waals surface area contributed by atoms with Gasteiger partial charge >= 0.3 is 0 Å². The first-order chi connectivity index (χ1) is 7.85. The summed E-state index contributed by atoms with van der Waals surface area (Å²) in [6.45, 7) is 12.1. The van der Waals surface area contributed by atoms with Gasteiger partial charge in [-0.25, -0.2) is 0 Å². The minimum atomic E-state index is 0.155. The molecule has 2 N–H and O–H groups in total. The molecule has 0 radical (unpaired) electrons. The largest absolute Gasteiger partial charge is 0.396 e. The van der Waals surface area contributed by atoms with E-state index in [1.54, 1.807) is 0 Å². The second kappa shape index (κ2) is 5.98. The molecule has 1 atom stereocenters. The number of hydrogen-bond donors (Lipinski definition) is 2. The summed E-state index contributed by atoms with van der Waals surface area (Å²) in [6, 6.07) is 2.66. The molecule has 3 heteroatoms. The van der Waals surface area contributed by atoms with Crippen LogP contribution in [0.15, 0.2) is 6.07 Å². The van der Waals surface area contributed by atoms with Crippen molar-refractivity contribution >= 4 is 11.3 Å². The molecule has 1 aromatic heterocycles. The van der Waals surface area contributed by atoms with Crippen LogP contribution in [-0.4, -0.2) is 18.3 Å². The molecule has 2 nitrogen and oxygen atoms in total. The van der Waals surface area contributed by atoms with E-state index < -0.39 is 0 Å². The van der Waals surface area contributed by atoms with Crippen molar-refractivity contribution in [3.8, 4) is 0 Å². The fraction of sp³-hybridized carbons (Fsp3) is 0.714. The first-order valence-corrected chi connectivity index (χ1v) is 7.08. The highest BCUT2D eigenvalue weighted by atomic mass is 32.1. The minimum Gasteiger partial charge on any atom is -0.396 e. The molecule has 17 heavy (non-hydrogen) atoms. The zero-order chi connectivity index (χ0) is 13.1. The predicted molar refractivity (Wildman–Crippen MR) is 75.7 cm³/mol. The van der Waals surface area contributed by atoms with E-state index in [1.807, 2.05) is 11.3 Å². The molecule has 1 unspecified atom stereocenters. The van der Waals surface area contributed by atoms with Gasteiger partial charge in [0.05, 0.1) is 0 Å². The van der Waals surface area contributed by atoms with Gasteiger partial charge in [0, 0.05) is 28.9 Å². The van der Waals surface area contributed by atoms with Gasteiger partial charge in [-0.1, -0.05) is 13.8 Å². The molecule has 0 bridgehead atoms. The number of rotatable bonds is 6. The Morgan fingerprint density at radius 2 is 2.06 bits per heavy atom. The lowest BCUT2D eigenvalue weighted by atomic mass is 9.89. The summed E-state index contributed by atoms with van der Waals surface area (Å²) in [5.74, 6) is 0. The lowest BCUT2D eigenvalue weighted by molar-refractivity contribution is 0.203. The van der Waals surface area contributed by atoms with Gasteiger partial charge in [0.15, 0.2) is 0 Å².